The first kappa shape index (κ1) is 9.34. The molecular formula is C4H7KS2. The van der Waals surface area contributed by atoms with Gasteiger partial charge < -0.3 is 23.5 Å². The van der Waals surface area contributed by atoms with Gasteiger partial charge in [-0.3, -0.25) is 0 Å². The van der Waals surface area contributed by atoms with Crippen LogP contribution in [0, 0.1) is 5.08 Å². The van der Waals surface area contributed by atoms with Crippen molar-refractivity contribution in [3.8, 4) is 0 Å². The molecule has 0 atom stereocenters. The van der Waals surface area contributed by atoms with Gasteiger partial charge in [-0.05, 0) is 17.9 Å². The Morgan fingerprint density at radius 2 is 1.71 bits per heavy atom. The van der Waals surface area contributed by atoms with Crippen LogP contribution in [-0.2, 0) is 0 Å². The molecule has 0 N–H and O–H groups in total. The third kappa shape index (κ3) is 4.82. The molecule has 0 saturated carbocycles. The zero-order chi connectivity index (χ0) is 4.24. The predicted octanol–water partition coefficient (Wildman–Crippen LogP) is -1.02. The Bertz CT molecular complexity index is 25.2. The van der Waals surface area contributed by atoms with Gasteiger partial charge in [-0.15, -0.1) is 0 Å². The maximum absolute atomic E-state index is 2.23. The molecule has 1 rings (SSSR count). The van der Waals surface area contributed by atoms with Crippen molar-refractivity contribution < 1.29 is 51.4 Å². The van der Waals surface area contributed by atoms with Gasteiger partial charge >= 0.3 is 51.4 Å². The molecule has 0 spiro atoms. The fourth-order valence-electron chi connectivity index (χ4n) is 0.370. The first-order chi connectivity index (χ1) is 3.00. The van der Waals surface area contributed by atoms with E-state index in [4.69, 9.17) is 0 Å². The SMILES string of the molecule is [CH-]1SCCCS1.[K+]. The molecule has 0 radical (unpaired) electrons. The summed E-state index contributed by atoms with van der Waals surface area (Å²) < 4.78 is 0. The van der Waals surface area contributed by atoms with Crippen LogP contribution in [0.15, 0.2) is 0 Å². The molecule has 0 aromatic rings. The summed E-state index contributed by atoms with van der Waals surface area (Å²) in [6.45, 7) is 0. The third-order valence-corrected chi connectivity index (χ3v) is 2.80. The smallest absolute Gasteiger partial charge is 0.341 e. The van der Waals surface area contributed by atoms with Crippen molar-refractivity contribution >= 4 is 23.5 Å². The Balaban J connectivity index is 0.000000360. The molecule has 3 heteroatoms. The van der Waals surface area contributed by atoms with Crippen LogP contribution >= 0.6 is 23.5 Å². The molecule has 36 valence electrons. The summed E-state index contributed by atoms with van der Waals surface area (Å²) in [6.07, 6.45) is 1.39. The molecule has 0 aromatic carbocycles. The van der Waals surface area contributed by atoms with Gasteiger partial charge in [0.2, 0.25) is 0 Å². The summed E-state index contributed by atoms with van der Waals surface area (Å²) >= 11 is 3.87. The van der Waals surface area contributed by atoms with Crippen molar-refractivity contribution in [3.05, 3.63) is 5.08 Å². The van der Waals surface area contributed by atoms with Crippen molar-refractivity contribution in [2.24, 2.45) is 0 Å². The summed E-state index contributed by atoms with van der Waals surface area (Å²) in [7, 11) is 0. The van der Waals surface area contributed by atoms with Gasteiger partial charge in [0.05, 0.1) is 0 Å². The van der Waals surface area contributed by atoms with Gasteiger partial charge in [0.15, 0.2) is 0 Å². The molecule has 0 unspecified atom stereocenters. The van der Waals surface area contributed by atoms with Crippen LogP contribution in [0.4, 0.5) is 0 Å². The number of hydrogen-bond acceptors (Lipinski definition) is 2. The Kier molecular flexibility index (Phi) is 8.61. The third-order valence-electron chi connectivity index (χ3n) is 0.660. The monoisotopic (exact) mass is 158 g/mol. The first-order valence-electron chi connectivity index (χ1n) is 2.05. The van der Waals surface area contributed by atoms with E-state index in [1.54, 1.807) is 0 Å². The van der Waals surface area contributed by atoms with E-state index in [1.807, 2.05) is 23.5 Å². The molecule has 7 heavy (non-hydrogen) atoms. The summed E-state index contributed by atoms with van der Waals surface area (Å²) in [6, 6.07) is 0. The van der Waals surface area contributed by atoms with Gasteiger partial charge in [0, 0.05) is 0 Å². The van der Waals surface area contributed by atoms with Gasteiger partial charge in [-0.25, -0.2) is 5.08 Å². The topological polar surface area (TPSA) is 0 Å². The Morgan fingerprint density at radius 3 is 1.86 bits per heavy atom. The van der Waals surface area contributed by atoms with E-state index in [0.29, 0.717) is 0 Å². The second-order valence-electron chi connectivity index (χ2n) is 1.19. The number of rotatable bonds is 0. The minimum Gasteiger partial charge on any atom is -0.341 e. The van der Waals surface area contributed by atoms with Gasteiger partial charge in [-0.2, -0.15) is 0 Å². The van der Waals surface area contributed by atoms with Crippen molar-refractivity contribution in [2.45, 2.75) is 6.42 Å². The number of thioether (sulfide) groups is 2. The number of hydrogen-bond donors (Lipinski definition) is 0. The average Bonchev–Trinajstić information content (AvgIpc) is 1.72. The van der Waals surface area contributed by atoms with Gasteiger partial charge in [0.1, 0.15) is 0 Å². The maximum atomic E-state index is 2.23. The minimum atomic E-state index is 0. The van der Waals surface area contributed by atoms with Gasteiger partial charge in [-0.1, -0.05) is 0 Å². The summed E-state index contributed by atoms with van der Waals surface area (Å²) in [5.74, 6) is 2.68. The molecule has 0 nitrogen and oxygen atoms in total. The first-order valence-corrected chi connectivity index (χ1v) is 4.15. The van der Waals surface area contributed by atoms with Crippen LogP contribution in [-0.4, -0.2) is 11.5 Å². The van der Waals surface area contributed by atoms with E-state index in [0.717, 1.165) is 0 Å². The molecule has 0 aliphatic carbocycles. The fraction of sp³-hybridized carbons (Fsp3) is 0.750. The van der Waals surface area contributed by atoms with Crippen molar-refractivity contribution in [1.29, 1.82) is 0 Å². The van der Waals surface area contributed by atoms with Crippen LogP contribution in [0.5, 0.6) is 0 Å². The van der Waals surface area contributed by atoms with Crippen molar-refractivity contribution in [1.82, 2.24) is 0 Å². The largest absolute Gasteiger partial charge is 1.00 e. The molecule has 0 bridgehead atoms. The van der Waals surface area contributed by atoms with E-state index in [1.165, 1.54) is 17.9 Å². The normalized spacial score (nSPS) is 20.6. The van der Waals surface area contributed by atoms with Crippen LogP contribution in [0.25, 0.3) is 0 Å². The predicted molar refractivity (Wildman–Crippen MR) is 33.8 cm³/mol. The molecule has 1 aliphatic heterocycles. The molecular weight excluding hydrogens is 151 g/mol. The zero-order valence-corrected chi connectivity index (χ0v) is 9.27. The van der Waals surface area contributed by atoms with Crippen molar-refractivity contribution in [2.75, 3.05) is 11.5 Å². The van der Waals surface area contributed by atoms with Crippen LogP contribution in [0.1, 0.15) is 6.42 Å². The average molecular weight is 158 g/mol. The molecule has 1 heterocycles. The summed E-state index contributed by atoms with van der Waals surface area (Å²) in [4.78, 5) is 0. The quantitative estimate of drug-likeness (QED) is 0.327. The molecule has 1 aliphatic rings. The maximum Gasteiger partial charge on any atom is 1.00 e. The van der Waals surface area contributed by atoms with Gasteiger partial charge in [0.25, 0.3) is 0 Å². The van der Waals surface area contributed by atoms with E-state index in [-0.39, 0.29) is 51.4 Å². The van der Waals surface area contributed by atoms with E-state index >= 15 is 0 Å². The summed E-state index contributed by atoms with van der Waals surface area (Å²) in [5, 5.41) is 2.23. The Hall–Kier alpha value is 2.34. The zero-order valence-electron chi connectivity index (χ0n) is 4.52. The Morgan fingerprint density at radius 1 is 1.14 bits per heavy atom. The molecule has 0 aromatic heterocycles. The molecule has 0 amide bonds. The van der Waals surface area contributed by atoms with E-state index < -0.39 is 0 Å². The fourth-order valence-corrected chi connectivity index (χ4v) is 2.33. The second kappa shape index (κ2) is 6.46. The van der Waals surface area contributed by atoms with Crippen LogP contribution in [0.2, 0.25) is 0 Å². The van der Waals surface area contributed by atoms with E-state index in [2.05, 4.69) is 5.08 Å². The Labute approximate surface area is 96.0 Å². The molecule has 1 saturated heterocycles. The molecule has 1 fully saturated rings. The van der Waals surface area contributed by atoms with Crippen LogP contribution in [0.3, 0.4) is 0 Å². The van der Waals surface area contributed by atoms with Crippen molar-refractivity contribution in [3.63, 3.8) is 0 Å². The minimum absolute atomic E-state index is 0. The standard InChI is InChI=1S/C4H7S2.K/c1-2-5-4-6-3-1;/h4H,1-3H2;/q-1;+1. The summed E-state index contributed by atoms with van der Waals surface area (Å²) in [5.41, 5.74) is 0. The second-order valence-corrected chi connectivity index (χ2v) is 3.44. The van der Waals surface area contributed by atoms with E-state index in [9.17, 15) is 0 Å². The van der Waals surface area contributed by atoms with Crippen LogP contribution < -0.4 is 51.4 Å².